The number of aliphatic hydroxyl groups is 1. The van der Waals surface area contributed by atoms with E-state index in [1.807, 2.05) is 42.5 Å². The highest BCUT2D eigenvalue weighted by Gasteiger charge is 2.32. The number of hydrogen-bond donors (Lipinski definition) is 1. The summed E-state index contributed by atoms with van der Waals surface area (Å²) < 4.78 is 16.4. The number of hydrogen-bond acceptors (Lipinski definition) is 5. The van der Waals surface area contributed by atoms with Crippen LogP contribution in [-0.2, 0) is 25.6 Å². The molecule has 1 heterocycles. The molecular formula is C18H24O5. The molecular weight excluding hydrogens is 296 g/mol. The molecule has 0 fully saturated rings. The molecule has 5 nitrogen and oxygen atoms in total. The van der Waals surface area contributed by atoms with Crippen LogP contribution in [0.4, 0.5) is 0 Å². The van der Waals surface area contributed by atoms with Gasteiger partial charge in [0.1, 0.15) is 0 Å². The SMILES string of the molecule is CCOC(=O)[C@H]1O[C@@H](COCc2ccccc2)C/C=C\C[C@@H]1O. The van der Waals surface area contributed by atoms with Crippen molar-refractivity contribution in [1.82, 2.24) is 0 Å². The van der Waals surface area contributed by atoms with Crippen molar-refractivity contribution >= 4 is 5.97 Å². The number of aliphatic hydroxyl groups excluding tert-OH is 1. The van der Waals surface area contributed by atoms with Crippen LogP contribution >= 0.6 is 0 Å². The van der Waals surface area contributed by atoms with E-state index in [2.05, 4.69) is 0 Å². The van der Waals surface area contributed by atoms with Gasteiger partial charge < -0.3 is 19.3 Å². The normalized spacial score (nSPS) is 26.1. The zero-order chi connectivity index (χ0) is 16.5. The maximum atomic E-state index is 11.9. The Morgan fingerprint density at radius 3 is 2.74 bits per heavy atom. The zero-order valence-corrected chi connectivity index (χ0v) is 13.4. The molecule has 126 valence electrons. The maximum Gasteiger partial charge on any atom is 0.338 e. The highest BCUT2D eigenvalue weighted by atomic mass is 16.6. The predicted octanol–water partition coefficient (Wildman–Crippen LogP) is 2.23. The molecule has 0 radical (unpaired) electrons. The van der Waals surface area contributed by atoms with Gasteiger partial charge >= 0.3 is 5.97 Å². The lowest BCUT2D eigenvalue weighted by Gasteiger charge is -2.27. The topological polar surface area (TPSA) is 65.0 Å². The summed E-state index contributed by atoms with van der Waals surface area (Å²) in [5.41, 5.74) is 1.08. The molecule has 0 aromatic heterocycles. The van der Waals surface area contributed by atoms with Crippen LogP contribution in [0, 0.1) is 0 Å². The van der Waals surface area contributed by atoms with Crippen LogP contribution in [0.5, 0.6) is 0 Å². The van der Waals surface area contributed by atoms with E-state index in [9.17, 15) is 9.90 Å². The minimum Gasteiger partial charge on any atom is -0.464 e. The fraction of sp³-hybridized carbons (Fsp3) is 0.500. The highest BCUT2D eigenvalue weighted by molar-refractivity contribution is 5.75. The van der Waals surface area contributed by atoms with Crippen molar-refractivity contribution in [3.63, 3.8) is 0 Å². The molecule has 1 aromatic rings. The van der Waals surface area contributed by atoms with Gasteiger partial charge in [-0.15, -0.1) is 0 Å². The Labute approximate surface area is 136 Å². The molecule has 0 bridgehead atoms. The quantitative estimate of drug-likeness (QED) is 0.643. The monoisotopic (exact) mass is 320 g/mol. The van der Waals surface area contributed by atoms with Gasteiger partial charge in [0.25, 0.3) is 0 Å². The van der Waals surface area contributed by atoms with Crippen molar-refractivity contribution in [2.75, 3.05) is 13.2 Å². The van der Waals surface area contributed by atoms with Gasteiger partial charge in [-0.25, -0.2) is 4.79 Å². The second-order valence-electron chi connectivity index (χ2n) is 5.44. The van der Waals surface area contributed by atoms with E-state index >= 15 is 0 Å². The van der Waals surface area contributed by atoms with Crippen molar-refractivity contribution in [3.05, 3.63) is 48.0 Å². The predicted molar refractivity (Wildman–Crippen MR) is 85.8 cm³/mol. The standard InChI is InChI=1S/C18H24O5/c1-2-22-18(20)17-16(19)11-7-6-10-15(23-17)13-21-12-14-8-4-3-5-9-14/h3-9,15-17,19H,2,10-13H2,1H3/b7-6-/t15-,16+,17+/m1/s1. The van der Waals surface area contributed by atoms with Gasteiger partial charge in [-0.2, -0.15) is 0 Å². The van der Waals surface area contributed by atoms with Crippen LogP contribution in [-0.4, -0.2) is 42.6 Å². The number of ether oxygens (including phenoxy) is 3. The highest BCUT2D eigenvalue weighted by Crippen LogP contribution is 2.16. The third-order valence-electron chi connectivity index (χ3n) is 3.57. The molecule has 0 saturated heterocycles. The molecule has 0 spiro atoms. The van der Waals surface area contributed by atoms with Gasteiger partial charge in [-0.05, 0) is 25.3 Å². The summed E-state index contributed by atoms with van der Waals surface area (Å²) in [6.07, 6.45) is 2.66. The molecule has 1 aliphatic heterocycles. The van der Waals surface area contributed by atoms with Crippen LogP contribution in [0.15, 0.2) is 42.5 Å². The number of benzene rings is 1. The number of carbonyl (C=O) groups is 1. The van der Waals surface area contributed by atoms with Crippen molar-refractivity contribution in [3.8, 4) is 0 Å². The molecule has 23 heavy (non-hydrogen) atoms. The third-order valence-corrected chi connectivity index (χ3v) is 3.57. The molecule has 1 N–H and O–H groups in total. The number of rotatable bonds is 6. The van der Waals surface area contributed by atoms with Gasteiger partial charge in [0, 0.05) is 0 Å². The lowest BCUT2D eigenvalue weighted by Crippen LogP contribution is -2.42. The minimum atomic E-state index is -0.967. The fourth-order valence-electron chi connectivity index (χ4n) is 2.39. The third kappa shape index (κ3) is 5.78. The first-order chi connectivity index (χ1) is 11.2. The summed E-state index contributed by atoms with van der Waals surface area (Å²) in [4.78, 5) is 11.9. The second-order valence-corrected chi connectivity index (χ2v) is 5.44. The summed E-state index contributed by atoms with van der Waals surface area (Å²) >= 11 is 0. The van der Waals surface area contributed by atoms with E-state index in [0.717, 1.165) is 5.56 Å². The van der Waals surface area contributed by atoms with Crippen LogP contribution < -0.4 is 0 Å². The van der Waals surface area contributed by atoms with E-state index in [0.29, 0.717) is 26.1 Å². The molecule has 5 heteroatoms. The lowest BCUT2D eigenvalue weighted by molar-refractivity contribution is -0.173. The van der Waals surface area contributed by atoms with Crippen LogP contribution in [0.2, 0.25) is 0 Å². The Morgan fingerprint density at radius 2 is 2.00 bits per heavy atom. The van der Waals surface area contributed by atoms with E-state index in [-0.39, 0.29) is 12.7 Å². The maximum absolute atomic E-state index is 11.9. The first kappa shape index (κ1) is 17.7. The van der Waals surface area contributed by atoms with Crippen molar-refractivity contribution in [1.29, 1.82) is 0 Å². The first-order valence-corrected chi connectivity index (χ1v) is 7.97. The molecule has 0 saturated carbocycles. The van der Waals surface area contributed by atoms with Gasteiger partial charge in [-0.1, -0.05) is 42.5 Å². The van der Waals surface area contributed by atoms with E-state index < -0.39 is 18.2 Å². The van der Waals surface area contributed by atoms with E-state index in [1.165, 1.54) is 0 Å². The Kier molecular flexibility index (Phi) is 7.26. The molecule has 0 aliphatic carbocycles. The molecule has 1 aromatic carbocycles. The summed E-state index contributed by atoms with van der Waals surface area (Å²) in [5, 5.41) is 10.1. The average Bonchev–Trinajstić information content (AvgIpc) is 2.54. The Morgan fingerprint density at radius 1 is 1.26 bits per heavy atom. The Bertz CT molecular complexity index is 499. The van der Waals surface area contributed by atoms with Crippen molar-refractivity contribution in [2.24, 2.45) is 0 Å². The van der Waals surface area contributed by atoms with Gasteiger partial charge in [0.2, 0.25) is 0 Å². The minimum absolute atomic E-state index is 0.260. The van der Waals surface area contributed by atoms with Gasteiger partial charge in [0.05, 0.1) is 32.0 Å². The van der Waals surface area contributed by atoms with Gasteiger partial charge in [0.15, 0.2) is 6.10 Å². The Balaban J connectivity index is 1.89. The van der Waals surface area contributed by atoms with Crippen LogP contribution in [0.3, 0.4) is 0 Å². The van der Waals surface area contributed by atoms with Crippen LogP contribution in [0.1, 0.15) is 25.3 Å². The van der Waals surface area contributed by atoms with Gasteiger partial charge in [-0.3, -0.25) is 0 Å². The average molecular weight is 320 g/mol. The molecule has 3 atom stereocenters. The smallest absolute Gasteiger partial charge is 0.338 e. The first-order valence-electron chi connectivity index (χ1n) is 7.97. The second kappa shape index (κ2) is 9.45. The van der Waals surface area contributed by atoms with E-state index in [4.69, 9.17) is 14.2 Å². The Hall–Kier alpha value is -1.69. The van der Waals surface area contributed by atoms with Crippen molar-refractivity contribution in [2.45, 2.75) is 44.7 Å². The lowest BCUT2D eigenvalue weighted by atomic mass is 10.1. The van der Waals surface area contributed by atoms with Crippen molar-refractivity contribution < 1.29 is 24.1 Å². The number of esters is 1. The fourth-order valence-corrected chi connectivity index (χ4v) is 2.39. The summed E-state index contributed by atoms with van der Waals surface area (Å²) in [6, 6.07) is 9.85. The number of carbonyl (C=O) groups excluding carboxylic acids is 1. The van der Waals surface area contributed by atoms with Crippen LogP contribution in [0.25, 0.3) is 0 Å². The largest absolute Gasteiger partial charge is 0.464 e. The summed E-state index contributed by atoms with van der Waals surface area (Å²) in [5.74, 6) is -0.525. The summed E-state index contributed by atoms with van der Waals surface area (Å²) in [6.45, 7) is 2.82. The zero-order valence-electron chi connectivity index (χ0n) is 13.4. The molecule has 0 unspecified atom stereocenters. The molecule has 1 aliphatic rings. The summed E-state index contributed by atoms with van der Waals surface area (Å²) in [7, 11) is 0. The molecule has 2 rings (SSSR count). The van der Waals surface area contributed by atoms with E-state index in [1.54, 1.807) is 6.92 Å². The molecule has 0 amide bonds.